The van der Waals surface area contributed by atoms with Crippen LogP contribution in [0.3, 0.4) is 0 Å². The van der Waals surface area contributed by atoms with Gasteiger partial charge in [-0.1, -0.05) is 334 Å². The van der Waals surface area contributed by atoms with Crippen molar-refractivity contribution in [3.63, 3.8) is 0 Å². The van der Waals surface area contributed by atoms with Crippen LogP contribution in [0.2, 0.25) is 0 Å². The van der Waals surface area contributed by atoms with Gasteiger partial charge in [-0.25, -0.2) is 0 Å². The van der Waals surface area contributed by atoms with E-state index in [0.717, 1.165) is 0 Å². The summed E-state index contributed by atoms with van der Waals surface area (Å²) in [6.45, 7) is 0. The Labute approximate surface area is 411 Å². The standard InChI is InChI=1S/2C24H20B.C18H15P/c2*1-5-13-21(14-6-1)25(22-15-7-2-8-16-22,23-17-9-3-10-18-23)24-19-11-4-12-20-24;1-4-10-16(11-5-1)19(17-12-6-2-7-13-17)18-14-8-3-9-15-18/h2*1-20H;1-15H/q2*-1;. The molecule has 0 unspecified atom stereocenters. The van der Waals surface area contributed by atoms with Gasteiger partial charge >= 0.3 is 0 Å². The Morgan fingerprint density at radius 1 is 0.145 bits per heavy atom. The van der Waals surface area contributed by atoms with E-state index < -0.39 is 20.2 Å². The summed E-state index contributed by atoms with van der Waals surface area (Å²) in [6, 6.07) is 119. The fourth-order valence-electron chi connectivity index (χ4n) is 10.4. The van der Waals surface area contributed by atoms with Crippen molar-refractivity contribution in [2.75, 3.05) is 0 Å². The number of benzene rings is 11. The first kappa shape index (κ1) is 46.1. The second kappa shape index (κ2) is 23.1. The lowest BCUT2D eigenvalue weighted by atomic mass is 9.13. The maximum atomic E-state index is 2.26. The predicted octanol–water partition coefficient (Wildman–Crippen LogP) is 9.57. The SMILES string of the molecule is c1ccc(P(c2ccccc2)c2ccccc2)cc1.c1ccc([B-](c2ccccc2)(c2ccccc2)c2ccccc2)cc1.c1ccc([B-](c2ccccc2)(c2ccccc2)c2ccccc2)cc1. The minimum absolute atomic E-state index is 0.446. The van der Waals surface area contributed by atoms with Crippen molar-refractivity contribution in [1.82, 2.24) is 0 Å². The average molecular weight is 901 g/mol. The molecule has 0 amide bonds. The van der Waals surface area contributed by atoms with E-state index >= 15 is 0 Å². The van der Waals surface area contributed by atoms with Crippen molar-refractivity contribution >= 4 is 79.8 Å². The van der Waals surface area contributed by atoms with E-state index in [1.807, 2.05) is 0 Å². The minimum Gasteiger partial charge on any atom is -0.195 e. The summed E-state index contributed by atoms with van der Waals surface area (Å²) < 4.78 is 0. The topological polar surface area (TPSA) is 0 Å². The lowest BCUT2D eigenvalue weighted by Gasteiger charge is -2.44. The molecule has 332 valence electrons. The van der Waals surface area contributed by atoms with Crippen molar-refractivity contribution in [3.05, 3.63) is 334 Å². The molecule has 0 bridgehead atoms. The lowest BCUT2D eigenvalue weighted by molar-refractivity contribution is 1.66. The van der Waals surface area contributed by atoms with Crippen molar-refractivity contribution in [3.8, 4) is 0 Å². The highest BCUT2D eigenvalue weighted by Crippen LogP contribution is 2.32. The van der Waals surface area contributed by atoms with Crippen LogP contribution >= 0.6 is 7.92 Å². The molecule has 3 heteroatoms. The molecule has 0 heterocycles. The molecule has 11 aromatic carbocycles. The molecule has 69 heavy (non-hydrogen) atoms. The van der Waals surface area contributed by atoms with E-state index in [9.17, 15) is 0 Å². The Morgan fingerprint density at radius 2 is 0.261 bits per heavy atom. The van der Waals surface area contributed by atoms with Crippen molar-refractivity contribution in [2.24, 2.45) is 0 Å². The molecule has 0 radical (unpaired) electrons. The Hall–Kier alpha value is -8.02. The Bertz CT molecular complexity index is 2570. The van der Waals surface area contributed by atoms with Crippen LogP contribution in [0.5, 0.6) is 0 Å². The Morgan fingerprint density at radius 3 is 0.391 bits per heavy atom. The summed E-state index contributed by atoms with van der Waals surface area (Å²) in [5, 5.41) is 4.19. The fourth-order valence-corrected chi connectivity index (χ4v) is 12.7. The lowest BCUT2D eigenvalue weighted by Crippen LogP contribution is -2.74. The molecule has 11 aromatic rings. The van der Waals surface area contributed by atoms with Crippen molar-refractivity contribution < 1.29 is 0 Å². The van der Waals surface area contributed by atoms with Gasteiger partial charge in [-0.3, -0.25) is 0 Å². The highest BCUT2D eigenvalue weighted by Gasteiger charge is 2.32. The molecule has 0 atom stereocenters. The third kappa shape index (κ3) is 10.3. The molecule has 11 rings (SSSR count). The van der Waals surface area contributed by atoms with Crippen LogP contribution < -0.4 is 59.6 Å². The second-order valence-corrected chi connectivity index (χ2v) is 19.6. The fraction of sp³-hybridized carbons (Fsp3) is 0. The molecule has 0 aliphatic rings. The first-order chi connectivity index (χ1) is 34.3. The van der Waals surface area contributed by atoms with E-state index in [2.05, 4.69) is 334 Å². The Kier molecular flexibility index (Phi) is 15.5. The summed E-state index contributed by atoms with van der Waals surface area (Å²) in [5.74, 6) is 0. The largest absolute Gasteiger partial charge is 0.195 e. The van der Waals surface area contributed by atoms with Gasteiger partial charge in [0.15, 0.2) is 0 Å². The van der Waals surface area contributed by atoms with Crippen molar-refractivity contribution in [1.29, 1.82) is 0 Å². The molecule has 0 saturated carbocycles. The number of hydrogen-bond donors (Lipinski definition) is 0. The molecule has 0 spiro atoms. The maximum Gasteiger partial charge on any atom is 0.108 e. The first-order valence-corrected chi connectivity index (χ1v) is 25.3. The third-order valence-electron chi connectivity index (χ3n) is 13.4. The summed E-state index contributed by atoms with van der Waals surface area (Å²) in [6.07, 6.45) is -2.43. The highest BCUT2D eigenvalue weighted by molar-refractivity contribution is 7.79. The van der Waals surface area contributed by atoms with E-state index in [4.69, 9.17) is 0 Å². The molecular formula is C66H55B2P-2. The average Bonchev–Trinajstić information content (AvgIpc) is 3.45. The summed E-state index contributed by atoms with van der Waals surface area (Å²) in [5.41, 5.74) is 10.7. The first-order valence-electron chi connectivity index (χ1n) is 24.0. The summed E-state index contributed by atoms with van der Waals surface area (Å²) in [7, 11) is -0.446. The number of rotatable bonds is 11. The van der Waals surface area contributed by atoms with Gasteiger partial charge in [0.1, 0.15) is 12.3 Å². The molecule has 0 fully saturated rings. The molecule has 0 aliphatic heterocycles. The van der Waals surface area contributed by atoms with Gasteiger partial charge in [0, 0.05) is 0 Å². The third-order valence-corrected chi connectivity index (χ3v) is 15.9. The molecule has 0 aromatic heterocycles. The van der Waals surface area contributed by atoms with Crippen LogP contribution in [0.1, 0.15) is 0 Å². The van der Waals surface area contributed by atoms with Gasteiger partial charge in [0.2, 0.25) is 0 Å². The van der Waals surface area contributed by atoms with E-state index in [-0.39, 0.29) is 0 Å². The number of hydrogen-bond acceptors (Lipinski definition) is 0. The van der Waals surface area contributed by atoms with Crippen LogP contribution in [-0.4, -0.2) is 12.3 Å². The smallest absolute Gasteiger partial charge is 0.108 e. The van der Waals surface area contributed by atoms with E-state index in [0.29, 0.717) is 0 Å². The van der Waals surface area contributed by atoms with Gasteiger partial charge in [0.05, 0.1) is 0 Å². The van der Waals surface area contributed by atoms with Gasteiger partial charge in [-0.05, 0) is 23.8 Å². The van der Waals surface area contributed by atoms with Crippen LogP contribution in [0.25, 0.3) is 0 Å². The van der Waals surface area contributed by atoms with Crippen LogP contribution in [0.15, 0.2) is 334 Å². The molecule has 0 aliphatic carbocycles. The zero-order chi connectivity index (χ0) is 46.8. The van der Waals surface area contributed by atoms with Gasteiger partial charge in [0.25, 0.3) is 0 Å². The normalized spacial score (nSPS) is 11.0. The quantitative estimate of drug-likeness (QED) is 0.0897. The molecule has 0 saturated heterocycles. The monoisotopic (exact) mass is 900 g/mol. The zero-order valence-corrected chi connectivity index (χ0v) is 39.8. The minimum atomic E-state index is -1.22. The summed E-state index contributed by atoms with van der Waals surface area (Å²) in [4.78, 5) is 0. The van der Waals surface area contributed by atoms with Gasteiger partial charge < -0.3 is 0 Å². The maximum absolute atomic E-state index is 2.26. The molecule has 0 N–H and O–H groups in total. The van der Waals surface area contributed by atoms with Gasteiger partial charge in [-0.2, -0.15) is 43.7 Å². The predicted molar refractivity (Wildman–Crippen MR) is 305 cm³/mol. The van der Waals surface area contributed by atoms with Crippen LogP contribution in [0.4, 0.5) is 0 Å². The Balaban J connectivity index is 0.000000130. The molecule has 0 nitrogen and oxygen atoms in total. The van der Waals surface area contributed by atoms with E-state index in [1.165, 1.54) is 59.6 Å². The molecular weight excluding hydrogens is 845 g/mol. The van der Waals surface area contributed by atoms with Crippen LogP contribution in [0, 0.1) is 0 Å². The van der Waals surface area contributed by atoms with E-state index in [1.54, 1.807) is 0 Å². The van der Waals surface area contributed by atoms with Crippen LogP contribution in [-0.2, 0) is 0 Å². The van der Waals surface area contributed by atoms with Crippen molar-refractivity contribution in [2.45, 2.75) is 0 Å². The highest BCUT2D eigenvalue weighted by atomic mass is 31.1. The second-order valence-electron chi connectivity index (χ2n) is 17.4. The van der Waals surface area contributed by atoms with Gasteiger partial charge in [-0.15, -0.1) is 0 Å². The zero-order valence-electron chi connectivity index (χ0n) is 38.9. The summed E-state index contributed by atoms with van der Waals surface area (Å²) >= 11 is 0.